The van der Waals surface area contributed by atoms with Crippen LogP contribution < -0.4 is 16.2 Å². The summed E-state index contributed by atoms with van der Waals surface area (Å²) in [7, 11) is 0. The van der Waals surface area contributed by atoms with Crippen LogP contribution in [0.5, 0.6) is 0 Å². The molecule has 2 aromatic carbocycles. The van der Waals surface area contributed by atoms with Gasteiger partial charge >= 0.3 is 12.0 Å². The first-order valence-electron chi connectivity index (χ1n) is 9.43. The van der Waals surface area contributed by atoms with Crippen molar-refractivity contribution in [3.63, 3.8) is 0 Å². The predicted octanol–water partition coefficient (Wildman–Crippen LogP) is 1.66. The molecule has 0 aliphatic carbocycles. The summed E-state index contributed by atoms with van der Waals surface area (Å²) >= 11 is 0. The zero-order valence-corrected chi connectivity index (χ0v) is 16.2. The van der Waals surface area contributed by atoms with Crippen molar-refractivity contribution in [2.75, 3.05) is 6.61 Å². The van der Waals surface area contributed by atoms with E-state index in [9.17, 15) is 14.4 Å². The summed E-state index contributed by atoms with van der Waals surface area (Å²) in [5.74, 6) is -0.587. The number of hydrogen-bond donors (Lipinski definition) is 2. The number of ether oxygens (including phenoxy) is 1. The maximum atomic E-state index is 12.8. The summed E-state index contributed by atoms with van der Waals surface area (Å²) in [5, 5.41) is 13.8. The third kappa shape index (κ3) is 3.64. The van der Waals surface area contributed by atoms with Crippen LogP contribution in [0, 0.1) is 0 Å². The number of aromatic nitrogens is 3. The molecule has 2 N–H and O–H groups in total. The van der Waals surface area contributed by atoms with Crippen LogP contribution in [-0.4, -0.2) is 33.6 Å². The molecular formula is C21H19N5O4. The van der Waals surface area contributed by atoms with E-state index in [1.165, 1.54) is 0 Å². The smallest absolute Gasteiger partial charge is 0.338 e. The molecule has 152 valence electrons. The molecule has 0 saturated carbocycles. The Morgan fingerprint density at radius 1 is 1.10 bits per heavy atom. The Kier molecular flexibility index (Phi) is 5.25. The topological polar surface area (TPSA) is 115 Å². The van der Waals surface area contributed by atoms with Crippen LogP contribution >= 0.6 is 0 Å². The van der Waals surface area contributed by atoms with Gasteiger partial charge in [-0.25, -0.2) is 14.3 Å². The van der Waals surface area contributed by atoms with Gasteiger partial charge in [-0.05, 0) is 24.6 Å². The van der Waals surface area contributed by atoms with Gasteiger partial charge in [0.25, 0.3) is 5.56 Å². The van der Waals surface area contributed by atoms with Gasteiger partial charge in [0, 0.05) is 0 Å². The fraction of sp³-hybridized carbons (Fsp3) is 0.190. The minimum Gasteiger partial charge on any atom is -0.463 e. The fourth-order valence-corrected chi connectivity index (χ4v) is 3.36. The lowest BCUT2D eigenvalue weighted by atomic mass is 9.95. The van der Waals surface area contributed by atoms with E-state index in [0.29, 0.717) is 16.5 Å². The van der Waals surface area contributed by atoms with E-state index in [1.54, 1.807) is 43.3 Å². The SMILES string of the molecule is CCOC(=O)C1=C(Cn2nnc3ccccc3c2=O)NC(=O)N[C@@H]1c1ccccc1. The number of amides is 2. The molecule has 1 aliphatic rings. The molecule has 30 heavy (non-hydrogen) atoms. The van der Waals surface area contributed by atoms with Gasteiger partial charge in [0.1, 0.15) is 5.52 Å². The van der Waals surface area contributed by atoms with Crippen molar-refractivity contribution in [3.8, 4) is 0 Å². The highest BCUT2D eigenvalue weighted by molar-refractivity contribution is 5.95. The summed E-state index contributed by atoms with van der Waals surface area (Å²) in [4.78, 5) is 38.0. The number of carbonyl (C=O) groups is 2. The molecule has 4 rings (SSSR count). The molecule has 1 aromatic heterocycles. The Morgan fingerprint density at radius 2 is 1.83 bits per heavy atom. The number of benzene rings is 2. The number of nitrogens with zero attached hydrogens (tertiary/aromatic N) is 3. The molecule has 2 amide bonds. The number of allylic oxidation sites excluding steroid dienone is 1. The average Bonchev–Trinajstić information content (AvgIpc) is 2.76. The van der Waals surface area contributed by atoms with E-state index >= 15 is 0 Å². The Labute approximate surface area is 171 Å². The Morgan fingerprint density at radius 3 is 2.60 bits per heavy atom. The van der Waals surface area contributed by atoms with Gasteiger partial charge in [-0.1, -0.05) is 47.7 Å². The van der Waals surface area contributed by atoms with Crippen molar-refractivity contribution < 1.29 is 14.3 Å². The zero-order chi connectivity index (χ0) is 21.1. The zero-order valence-electron chi connectivity index (χ0n) is 16.2. The van der Waals surface area contributed by atoms with Gasteiger partial charge in [-0.3, -0.25) is 4.79 Å². The Balaban J connectivity index is 1.83. The molecule has 0 radical (unpaired) electrons. The van der Waals surface area contributed by atoms with Gasteiger partial charge in [-0.2, -0.15) is 0 Å². The minimum atomic E-state index is -0.724. The van der Waals surface area contributed by atoms with Crippen molar-refractivity contribution in [3.05, 3.63) is 81.8 Å². The van der Waals surface area contributed by atoms with E-state index in [-0.39, 0.29) is 30.0 Å². The Bertz CT molecular complexity index is 1200. The Hall–Kier alpha value is -4.01. The van der Waals surface area contributed by atoms with Crippen molar-refractivity contribution in [1.82, 2.24) is 25.6 Å². The molecule has 0 bridgehead atoms. The van der Waals surface area contributed by atoms with E-state index < -0.39 is 18.0 Å². The molecular weight excluding hydrogens is 386 g/mol. The van der Waals surface area contributed by atoms with Crippen molar-refractivity contribution in [1.29, 1.82) is 0 Å². The van der Waals surface area contributed by atoms with E-state index in [4.69, 9.17) is 4.74 Å². The van der Waals surface area contributed by atoms with E-state index in [0.717, 1.165) is 4.68 Å². The molecule has 0 fully saturated rings. The quantitative estimate of drug-likeness (QED) is 0.624. The lowest BCUT2D eigenvalue weighted by Gasteiger charge is -2.29. The summed E-state index contributed by atoms with van der Waals surface area (Å²) in [6.45, 7) is 1.73. The highest BCUT2D eigenvalue weighted by Crippen LogP contribution is 2.28. The summed E-state index contributed by atoms with van der Waals surface area (Å²) < 4.78 is 6.34. The third-order valence-electron chi connectivity index (χ3n) is 4.72. The third-order valence-corrected chi connectivity index (χ3v) is 4.72. The molecule has 9 nitrogen and oxygen atoms in total. The van der Waals surface area contributed by atoms with E-state index in [2.05, 4.69) is 20.9 Å². The molecule has 1 aliphatic heterocycles. The number of esters is 1. The fourth-order valence-electron chi connectivity index (χ4n) is 3.36. The number of urea groups is 1. The molecule has 2 heterocycles. The van der Waals surface area contributed by atoms with Crippen LogP contribution in [0.2, 0.25) is 0 Å². The number of carbonyl (C=O) groups excluding carboxylic acids is 2. The predicted molar refractivity (Wildman–Crippen MR) is 108 cm³/mol. The van der Waals surface area contributed by atoms with Gasteiger partial charge in [0.2, 0.25) is 0 Å². The monoisotopic (exact) mass is 405 g/mol. The van der Waals surface area contributed by atoms with Crippen LogP contribution in [0.4, 0.5) is 4.79 Å². The largest absolute Gasteiger partial charge is 0.463 e. The first kappa shape index (κ1) is 19.3. The summed E-state index contributed by atoms with van der Waals surface area (Å²) in [6, 6.07) is 14.7. The maximum absolute atomic E-state index is 12.8. The standard InChI is InChI=1S/C21H19N5O4/c1-2-30-20(28)17-16(22-21(29)23-18(17)13-8-4-3-5-9-13)12-26-19(27)14-10-6-7-11-15(14)24-25-26/h3-11,18H,2,12H2,1H3,(H2,22,23,29)/t18-/m1/s1. The maximum Gasteiger partial charge on any atom is 0.338 e. The molecule has 1 atom stereocenters. The second-order valence-electron chi connectivity index (χ2n) is 6.62. The highest BCUT2D eigenvalue weighted by atomic mass is 16.5. The van der Waals surface area contributed by atoms with Gasteiger partial charge < -0.3 is 15.4 Å². The number of nitrogens with one attached hydrogen (secondary N) is 2. The molecule has 0 unspecified atom stereocenters. The highest BCUT2D eigenvalue weighted by Gasteiger charge is 2.34. The molecule has 9 heteroatoms. The van der Waals surface area contributed by atoms with Crippen LogP contribution in [0.15, 0.2) is 70.7 Å². The summed E-state index contributed by atoms with van der Waals surface area (Å²) in [6.07, 6.45) is 0. The van der Waals surface area contributed by atoms with Crippen LogP contribution in [0.3, 0.4) is 0 Å². The van der Waals surface area contributed by atoms with Crippen LogP contribution in [0.1, 0.15) is 18.5 Å². The molecule has 3 aromatic rings. The molecule has 0 saturated heterocycles. The second kappa shape index (κ2) is 8.16. The first-order valence-corrected chi connectivity index (χ1v) is 9.43. The average molecular weight is 405 g/mol. The number of hydrogen-bond acceptors (Lipinski definition) is 6. The summed E-state index contributed by atoms with van der Waals surface area (Å²) in [5.41, 5.74) is 1.25. The van der Waals surface area contributed by atoms with E-state index in [1.807, 2.05) is 18.2 Å². The second-order valence-corrected chi connectivity index (χ2v) is 6.62. The number of rotatable bonds is 5. The molecule has 0 spiro atoms. The lowest BCUT2D eigenvalue weighted by molar-refractivity contribution is -0.139. The lowest BCUT2D eigenvalue weighted by Crippen LogP contribution is -2.47. The minimum absolute atomic E-state index is 0.137. The normalized spacial score (nSPS) is 16.2. The van der Waals surface area contributed by atoms with Gasteiger partial charge in [0.05, 0.1) is 35.8 Å². The number of fused-ring (bicyclic) bond motifs is 1. The van der Waals surface area contributed by atoms with Crippen molar-refractivity contribution >= 4 is 22.9 Å². The van der Waals surface area contributed by atoms with Gasteiger partial charge in [0.15, 0.2) is 0 Å². The van der Waals surface area contributed by atoms with Crippen molar-refractivity contribution in [2.45, 2.75) is 19.5 Å². The van der Waals surface area contributed by atoms with Crippen LogP contribution in [0.25, 0.3) is 10.9 Å². The van der Waals surface area contributed by atoms with Gasteiger partial charge in [-0.15, -0.1) is 5.10 Å². The first-order chi connectivity index (χ1) is 14.6. The van der Waals surface area contributed by atoms with Crippen LogP contribution in [-0.2, 0) is 16.1 Å². The van der Waals surface area contributed by atoms with Crippen molar-refractivity contribution in [2.24, 2.45) is 0 Å².